The van der Waals surface area contributed by atoms with Gasteiger partial charge in [0.2, 0.25) is 0 Å². The number of methoxy groups -OCH3 is 2. The average Bonchev–Trinajstić information content (AvgIpc) is 3.94. The van der Waals surface area contributed by atoms with Gasteiger partial charge in [0.25, 0.3) is 11.8 Å². The topological polar surface area (TPSA) is 250 Å². The number of esters is 2. The minimum absolute atomic E-state index is 0. The van der Waals surface area contributed by atoms with E-state index in [1.807, 2.05) is 24.3 Å². The van der Waals surface area contributed by atoms with Gasteiger partial charge in [0.1, 0.15) is 40.5 Å². The lowest BCUT2D eigenvalue weighted by atomic mass is 10.0. The second kappa shape index (κ2) is 16.5. The molecule has 2 amide bonds. The number of nitrogens with one attached hydrogen (secondary N) is 2. The minimum Gasteiger partial charge on any atom is -0.465 e. The van der Waals surface area contributed by atoms with Gasteiger partial charge >= 0.3 is 11.9 Å². The normalized spacial score (nSPS) is 15.0. The summed E-state index contributed by atoms with van der Waals surface area (Å²) >= 11 is 0. The third kappa shape index (κ3) is 7.47. The fourth-order valence-electron chi connectivity index (χ4n) is 6.96. The first-order chi connectivity index (χ1) is 26.0. The van der Waals surface area contributed by atoms with Crippen molar-refractivity contribution >= 4 is 82.3 Å². The SMILES string of the molecule is COC(=O)c1ccc2c(c1)CC[C@@H]2NC(=O)c1ncnc2c(N)n(C)nc12.COC(=O)c1ccc2c(c1)CC[C@@H]2NC(=O)c1ncnc2c(N)nn(C)c12.Cl.Cl. The number of nitrogen functional groups attached to an aromatic ring is 2. The Bertz CT molecular complexity index is 2500. The number of carbonyl (C=O) groups excluding carboxylic acids is 4. The molecule has 0 radical (unpaired) electrons. The van der Waals surface area contributed by atoms with Crippen LogP contribution >= 0.6 is 24.8 Å². The van der Waals surface area contributed by atoms with Crippen molar-refractivity contribution < 1.29 is 28.7 Å². The molecule has 0 aliphatic heterocycles. The lowest BCUT2D eigenvalue weighted by molar-refractivity contribution is 0.0591. The third-order valence-electron chi connectivity index (χ3n) is 9.63. The molecular weight excluding hydrogens is 767 g/mol. The van der Waals surface area contributed by atoms with Crippen LogP contribution in [-0.2, 0) is 36.4 Å². The van der Waals surface area contributed by atoms with Gasteiger partial charge in [0, 0.05) is 14.1 Å². The summed E-state index contributed by atoms with van der Waals surface area (Å²) in [6.45, 7) is 0. The maximum absolute atomic E-state index is 12.8. The van der Waals surface area contributed by atoms with E-state index in [0.29, 0.717) is 39.0 Å². The van der Waals surface area contributed by atoms with Gasteiger partial charge in [-0.2, -0.15) is 10.2 Å². The monoisotopic (exact) mass is 804 g/mol. The van der Waals surface area contributed by atoms with Gasteiger partial charge < -0.3 is 31.6 Å². The van der Waals surface area contributed by atoms with Gasteiger partial charge in [0.15, 0.2) is 17.2 Å². The molecule has 4 heterocycles. The van der Waals surface area contributed by atoms with Crippen molar-refractivity contribution in [1.82, 2.24) is 50.1 Å². The van der Waals surface area contributed by atoms with E-state index in [0.717, 1.165) is 47.9 Å². The molecule has 0 saturated heterocycles. The third-order valence-corrected chi connectivity index (χ3v) is 9.63. The average molecular weight is 806 g/mol. The maximum Gasteiger partial charge on any atom is 0.337 e. The highest BCUT2D eigenvalue weighted by Crippen LogP contribution is 2.34. The number of halogens is 2. The Morgan fingerprint density at radius 1 is 0.679 bits per heavy atom. The van der Waals surface area contributed by atoms with Crippen molar-refractivity contribution in [2.24, 2.45) is 14.1 Å². The Labute approximate surface area is 331 Å². The molecule has 2 aromatic carbocycles. The zero-order chi connectivity index (χ0) is 38.3. The summed E-state index contributed by atoms with van der Waals surface area (Å²) in [5.41, 5.74) is 19.0. The first-order valence-electron chi connectivity index (χ1n) is 16.9. The molecule has 2 aliphatic carbocycles. The van der Waals surface area contributed by atoms with Crippen LogP contribution in [0, 0.1) is 0 Å². The number of nitrogens with zero attached hydrogens (tertiary/aromatic N) is 8. The summed E-state index contributed by atoms with van der Waals surface area (Å²) in [6, 6.07) is 10.4. The van der Waals surface area contributed by atoms with E-state index < -0.39 is 0 Å². The summed E-state index contributed by atoms with van der Waals surface area (Å²) in [6.07, 6.45) is 5.63. The summed E-state index contributed by atoms with van der Waals surface area (Å²) in [7, 11) is 6.08. The standard InChI is InChI=1S/2C18H18N6O3.2ClH/c1-24-15-13(16(19)23-24)20-8-21-14(15)17(25)22-12-6-4-9-7-10(18(26)27-2)3-5-11(9)12;1-24-16(19)14-13(23-24)15(21-8-20-14)17(25)22-12-6-4-9-7-10(18(26)27-2)3-5-11(9)12;;/h3,5,7-8,12H,4,6H2,1-2H3,(H2,19,23)(H,22,25);3,5,7-8,12H,4,6,19H2,1-2H3,(H,22,25);2*1H/t2*12-;;/m00../s1. The van der Waals surface area contributed by atoms with Crippen molar-refractivity contribution in [3.63, 3.8) is 0 Å². The highest BCUT2D eigenvalue weighted by Gasteiger charge is 2.29. The van der Waals surface area contributed by atoms with Crippen LogP contribution in [0.5, 0.6) is 0 Å². The number of aromatic nitrogens is 8. The molecule has 18 nitrogen and oxygen atoms in total. The smallest absolute Gasteiger partial charge is 0.337 e. The van der Waals surface area contributed by atoms with Gasteiger partial charge in [0.05, 0.1) is 37.4 Å². The lowest BCUT2D eigenvalue weighted by Gasteiger charge is -2.14. The number of ether oxygens (including phenoxy) is 2. The van der Waals surface area contributed by atoms with Crippen molar-refractivity contribution in [2.75, 3.05) is 25.7 Å². The molecule has 6 N–H and O–H groups in total. The van der Waals surface area contributed by atoms with E-state index in [-0.39, 0.29) is 77.9 Å². The van der Waals surface area contributed by atoms with Crippen LogP contribution in [0.15, 0.2) is 49.1 Å². The van der Waals surface area contributed by atoms with Crippen LogP contribution in [0.2, 0.25) is 0 Å². The number of hydrogen-bond acceptors (Lipinski definition) is 14. The number of nitrogens with two attached hydrogens (primary N) is 2. The molecule has 6 aromatic rings. The number of rotatable bonds is 6. The summed E-state index contributed by atoms with van der Waals surface area (Å²) in [4.78, 5) is 65.5. The van der Waals surface area contributed by atoms with E-state index in [1.165, 1.54) is 36.2 Å². The van der Waals surface area contributed by atoms with Crippen LogP contribution in [0.4, 0.5) is 11.6 Å². The number of aryl methyl sites for hydroxylation is 4. The summed E-state index contributed by atoms with van der Waals surface area (Å²) in [5.74, 6) is -0.770. The van der Waals surface area contributed by atoms with Crippen molar-refractivity contribution in [1.29, 1.82) is 0 Å². The molecule has 0 unspecified atom stereocenters. The number of carbonyl (C=O) groups is 4. The molecule has 8 rings (SSSR count). The predicted octanol–water partition coefficient (Wildman–Crippen LogP) is 3.14. The molecule has 4 aromatic heterocycles. The van der Waals surface area contributed by atoms with E-state index in [9.17, 15) is 19.2 Å². The first-order valence-corrected chi connectivity index (χ1v) is 16.9. The Balaban J connectivity index is 0.000000207. The second-order valence-electron chi connectivity index (χ2n) is 12.8. The number of hydrogen-bond donors (Lipinski definition) is 4. The fraction of sp³-hybridized carbons (Fsp3) is 0.278. The molecule has 0 spiro atoms. The highest BCUT2D eigenvalue weighted by atomic mass is 35.5. The largest absolute Gasteiger partial charge is 0.465 e. The fourth-order valence-corrected chi connectivity index (χ4v) is 6.96. The van der Waals surface area contributed by atoms with Gasteiger partial charge in [-0.05, 0) is 72.2 Å². The number of amides is 2. The molecular formula is C36H38Cl2N12O6. The van der Waals surface area contributed by atoms with E-state index in [2.05, 4.69) is 40.8 Å². The molecule has 0 fully saturated rings. The van der Waals surface area contributed by atoms with Crippen molar-refractivity contribution in [2.45, 2.75) is 37.8 Å². The van der Waals surface area contributed by atoms with E-state index in [1.54, 1.807) is 26.2 Å². The maximum atomic E-state index is 12.8. The first kappa shape index (κ1) is 40.8. The minimum atomic E-state index is -0.374. The van der Waals surface area contributed by atoms with Crippen molar-refractivity contribution in [3.05, 3.63) is 93.8 Å². The Morgan fingerprint density at radius 3 is 1.71 bits per heavy atom. The van der Waals surface area contributed by atoms with Gasteiger partial charge in [-0.25, -0.2) is 29.5 Å². The molecule has 0 bridgehead atoms. The Morgan fingerprint density at radius 2 is 1.18 bits per heavy atom. The zero-order valence-corrected chi connectivity index (χ0v) is 32.2. The molecule has 2 atom stereocenters. The van der Waals surface area contributed by atoms with Crippen LogP contribution in [-0.4, -0.2) is 77.5 Å². The summed E-state index contributed by atoms with van der Waals surface area (Å²) < 4.78 is 12.5. The predicted molar refractivity (Wildman–Crippen MR) is 209 cm³/mol. The molecule has 292 valence electrons. The van der Waals surface area contributed by atoms with Gasteiger partial charge in [-0.15, -0.1) is 24.8 Å². The Kier molecular flexibility index (Phi) is 12.0. The lowest BCUT2D eigenvalue weighted by Crippen LogP contribution is -2.28. The number of fused-ring (bicyclic) bond motifs is 4. The highest BCUT2D eigenvalue weighted by molar-refractivity contribution is 6.06. The van der Waals surface area contributed by atoms with Gasteiger partial charge in [-0.3, -0.25) is 19.0 Å². The van der Waals surface area contributed by atoms with E-state index >= 15 is 0 Å². The zero-order valence-electron chi connectivity index (χ0n) is 30.6. The summed E-state index contributed by atoms with van der Waals surface area (Å²) in [5, 5.41) is 14.4. The second-order valence-corrected chi connectivity index (χ2v) is 12.8. The van der Waals surface area contributed by atoms with Crippen LogP contribution in [0.25, 0.3) is 22.1 Å². The van der Waals surface area contributed by atoms with Crippen LogP contribution in [0.1, 0.15) is 88.9 Å². The number of benzene rings is 2. The molecule has 20 heteroatoms. The van der Waals surface area contributed by atoms with E-state index in [4.69, 9.17) is 20.9 Å². The van der Waals surface area contributed by atoms with Crippen LogP contribution in [0.3, 0.4) is 0 Å². The molecule has 2 aliphatic rings. The number of anilines is 2. The molecule has 56 heavy (non-hydrogen) atoms. The molecule has 0 saturated carbocycles. The Hall–Kier alpha value is -6.40. The van der Waals surface area contributed by atoms with Crippen molar-refractivity contribution in [3.8, 4) is 0 Å². The quantitative estimate of drug-likeness (QED) is 0.177. The van der Waals surface area contributed by atoms with Crippen LogP contribution < -0.4 is 22.1 Å². The van der Waals surface area contributed by atoms with Gasteiger partial charge in [-0.1, -0.05) is 12.1 Å².